The Morgan fingerprint density at radius 1 is 1.41 bits per heavy atom. The molecule has 0 radical (unpaired) electrons. The highest BCUT2D eigenvalue weighted by Crippen LogP contribution is 2.33. The van der Waals surface area contributed by atoms with Gasteiger partial charge in [-0.25, -0.2) is 9.97 Å². The van der Waals surface area contributed by atoms with Crippen molar-refractivity contribution >= 4 is 21.7 Å². The zero-order chi connectivity index (χ0) is 12.3. The molecule has 0 bridgehead atoms. The Balaban J connectivity index is 1.85. The fourth-order valence-electron chi connectivity index (χ4n) is 1.80. The van der Waals surface area contributed by atoms with Crippen LogP contribution < -0.4 is 5.32 Å². The number of hydrogen-bond acceptors (Lipinski definition) is 3. The predicted octanol–water partition coefficient (Wildman–Crippen LogP) is 3.96. The van der Waals surface area contributed by atoms with Gasteiger partial charge in [-0.15, -0.1) is 0 Å². The molecule has 1 aliphatic carbocycles. The summed E-state index contributed by atoms with van der Waals surface area (Å²) in [5.41, 5.74) is 0. The Bertz CT molecular complexity index is 375. The van der Waals surface area contributed by atoms with E-state index < -0.39 is 0 Å². The van der Waals surface area contributed by atoms with E-state index in [1.807, 2.05) is 6.07 Å². The normalized spacial score (nSPS) is 15.3. The molecule has 1 saturated carbocycles. The number of rotatable bonds is 6. The number of nitrogens with one attached hydrogen (secondary N) is 1. The zero-order valence-electron chi connectivity index (χ0n) is 10.5. The first-order chi connectivity index (χ1) is 8.15. The molecule has 1 fully saturated rings. The SMILES string of the molecule is CC(C)c1nc(Br)cc(NCCCC2CC2)n1. The summed E-state index contributed by atoms with van der Waals surface area (Å²) in [6, 6.07) is 1.95. The monoisotopic (exact) mass is 297 g/mol. The highest BCUT2D eigenvalue weighted by atomic mass is 79.9. The maximum atomic E-state index is 4.51. The summed E-state index contributed by atoms with van der Waals surface area (Å²) in [4.78, 5) is 8.88. The average molecular weight is 298 g/mol. The summed E-state index contributed by atoms with van der Waals surface area (Å²) in [5, 5.41) is 3.38. The number of hydrogen-bond donors (Lipinski definition) is 1. The summed E-state index contributed by atoms with van der Waals surface area (Å²) >= 11 is 3.43. The van der Waals surface area contributed by atoms with Gasteiger partial charge in [0.15, 0.2) is 0 Å². The van der Waals surface area contributed by atoms with E-state index in [0.717, 1.165) is 28.7 Å². The van der Waals surface area contributed by atoms with Crippen LogP contribution in [-0.2, 0) is 0 Å². The minimum atomic E-state index is 0.361. The highest BCUT2D eigenvalue weighted by molar-refractivity contribution is 9.10. The van der Waals surface area contributed by atoms with Gasteiger partial charge < -0.3 is 5.32 Å². The highest BCUT2D eigenvalue weighted by Gasteiger charge is 2.19. The van der Waals surface area contributed by atoms with Gasteiger partial charge >= 0.3 is 0 Å². The molecule has 0 spiro atoms. The van der Waals surface area contributed by atoms with Crippen LogP contribution in [0.5, 0.6) is 0 Å². The minimum Gasteiger partial charge on any atom is -0.370 e. The summed E-state index contributed by atoms with van der Waals surface area (Å²) in [7, 11) is 0. The molecule has 0 amide bonds. The summed E-state index contributed by atoms with van der Waals surface area (Å²) in [6.07, 6.45) is 5.48. The van der Waals surface area contributed by atoms with E-state index in [0.29, 0.717) is 5.92 Å². The summed E-state index contributed by atoms with van der Waals surface area (Å²) in [6.45, 7) is 5.23. The zero-order valence-corrected chi connectivity index (χ0v) is 12.1. The van der Waals surface area contributed by atoms with Crippen molar-refractivity contribution in [3.05, 3.63) is 16.5 Å². The van der Waals surface area contributed by atoms with Crippen LogP contribution in [0.2, 0.25) is 0 Å². The molecule has 1 N–H and O–H groups in total. The standard InChI is InChI=1S/C13H20BrN3/c1-9(2)13-16-11(14)8-12(17-13)15-7-3-4-10-5-6-10/h8-10H,3-7H2,1-2H3,(H,15,16,17). The minimum absolute atomic E-state index is 0.361. The van der Waals surface area contributed by atoms with Crippen LogP contribution in [0.25, 0.3) is 0 Å². The first-order valence-corrected chi connectivity index (χ1v) is 7.23. The molecular weight excluding hydrogens is 278 g/mol. The smallest absolute Gasteiger partial charge is 0.134 e. The summed E-state index contributed by atoms with van der Waals surface area (Å²) in [5.74, 6) is 3.20. The number of nitrogens with zero attached hydrogens (tertiary/aromatic N) is 2. The molecule has 0 aromatic carbocycles. The van der Waals surface area contributed by atoms with Gasteiger partial charge in [0.1, 0.15) is 16.2 Å². The predicted molar refractivity (Wildman–Crippen MR) is 74.3 cm³/mol. The Morgan fingerprint density at radius 2 is 2.18 bits per heavy atom. The largest absolute Gasteiger partial charge is 0.370 e. The number of aromatic nitrogens is 2. The molecule has 1 aromatic heterocycles. The molecule has 0 unspecified atom stereocenters. The maximum Gasteiger partial charge on any atom is 0.134 e. The van der Waals surface area contributed by atoms with Crippen molar-refractivity contribution < 1.29 is 0 Å². The first-order valence-electron chi connectivity index (χ1n) is 6.43. The molecular formula is C13H20BrN3. The van der Waals surface area contributed by atoms with Crippen molar-refractivity contribution in [1.82, 2.24) is 9.97 Å². The molecule has 0 atom stereocenters. The van der Waals surface area contributed by atoms with Gasteiger partial charge in [0.25, 0.3) is 0 Å². The number of anilines is 1. The van der Waals surface area contributed by atoms with Gasteiger partial charge in [0, 0.05) is 18.5 Å². The van der Waals surface area contributed by atoms with E-state index >= 15 is 0 Å². The number of halogens is 1. The molecule has 17 heavy (non-hydrogen) atoms. The van der Waals surface area contributed by atoms with Crippen molar-refractivity contribution in [2.24, 2.45) is 5.92 Å². The van der Waals surface area contributed by atoms with E-state index in [4.69, 9.17) is 0 Å². The molecule has 1 heterocycles. The van der Waals surface area contributed by atoms with E-state index in [9.17, 15) is 0 Å². The van der Waals surface area contributed by atoms with Crippen molar-refractivity contribution in [3.8, 4) is 0 Å². The maximum absolute atomic E-state index is 4.51. The van der Waals surface area contributed by atoms with Crippen molar-refractivity contribution in [2.75, 3.05) is 11.9 Å². The first kappa shape index (κ1) is 12.8. The molecule has 1 aromatic rings. The van der Waals surface area contributed by atoms with Gasteiger partial charge in [-0.1, -0.05) is 26.7 Å². The third kappa shape index (κ3) is 4.26. The fourth-order valence-corrected chi connectivity index (χ4v) is 2.20. The van der Waals surface area contributed by atoms with Crippen molar-refractivity contribution in [3.63, 3.8) is 0 Å². The van der Waals surface area contributed by atoms with Gasteiger partial charge in [0.2, 0.25) is 0 Å². The Morgan fingerprint density at radius 3 is 2.82 bits per heavy atom. The third-order valence-corrected chi connectivity index (χ3v) is 3.43. The Hall–Kier alpha value is -0.640. The Labute approximate surface area is 112 Å². The van der Waals surface area contributed by atoms with Crippen LogP contribution in [0.15, 0.2) is 10.7 Å². The van der Waals surface area contributed by atoms with Crippen LogP contribution in [0.4, 0.5) is 5.82 Å². The molecule has 1 aliphatic rings. The van der Waals surface area contributed by atoms with E-state index in [2.05, 4.69) is 45.1 Å². The van der Waals surface area contributed by atoms with Crippen LogP contribution in [0.3, 0.4) is 0 Å². The van der Waals surface area contributed by atoms with Crippen LogP contribution in [0, 0.1) is 5.92 Å². The lowest BCUT2D eigenvalue weighted by molar-refractivity contribution is 0.685. The van der Waals surface area contributed by atoms with Crippen LogP contribution >= 0.6 is 15.9 Å². The van der Waals surface area contributed by atoms with Crippen molar-refractivity contribution in [1.29, 1.82) is 0 Å². The lowest BCUT2D eigenvalue weighted by atomic mass is 10.2. The van der Waals surface area contributed by atoms with Crippen LogP contribution in [0.1, 0.15) is 51.3 Å². The van der Waals surface area contributed by atoms with Crippen molar-refractivity contribution in [2.45, 2.75) is 45.4 Å². The molecule has 4 heteroatoms. The van der Waals surface area contributed by atoms with Gasteiger partial charge in [0.05, 0.1) is 0 Å². The van der Waals surface area contributed by atoms with E-state index in [1.54, 1.807) is 0 Å². The average Bonchev–Trinajstić information content (AvgIpc) is 3.07. The molecule has 0 saturated heterocycles. The van der Waals surface area contributed by atoms with E-state index in [-0.39, 0.29) is 0 Å². The van der Waals surface area contributed by atoms with Gasteiger partial charge in [-0.2, -0.15) is 0 Å². The molecule has 0 aliphatic heterocycles. The topological polar surface area (TPSA) is 37.8 Å². The second-order valence-corrected chi connectivity index (χ2v) is 5.91. The summed E-state index contributed by atoms with van der Waals surface area (Å²) < 4.78 is 0.862. The second kappa shape index (κ2) is 5.80. The van der Waals surface area contributed by atoms with E-state index in [1.165, 1.54) is 25.7 Å². The van der Waals surface area contributed by atoms with Crippen LogP contribution in [-0.4, -0.2) is 16.5 Å². The molecule has 2 rings (SSSR count). The van der Waals surface area contributed by atoms with Gasteiger partial charge in [-0.3, -0.25) is 0 Å². The fraction of sp³-hybridized carbons (Fsp3) is 0.692. The third-order valence-electron chi connectivity index (χ3n) is 3.02. The second-order valence-electron chi connectivity index (χ2n) is 5.10. The molecule has 3 nitrogen and oxygen atoms in total. The molecule has 94 valence electrons. The Kier molecular flexibility index (Phi) is 4.37. The lowest BCUT2D eigenvalue weighted by Gasteiger charge is -2.09. The van der Waals surface area contributed by atoms with Gasteiger partial charge in [-0.05, 0) is 34.7 Å². The quantitative estimate of drug-likeness (QED) is 0.638. The lowest BCUT2D eigenvalue weighted by Crippen LogP contribution is -2.07.